The third kappa shape index (κ3) is 2.63. The van der Waals surface area contributed by atoms with E-state index in [2.05, 4.69) is 4.98 Å². The summed E-state index contributed by atoms with van der Waals surface area (Å²) in [6.07, 6.45) is 0.771. The summed E-state index contributed by atoms with van der Waals surface area (Å²) >= 11 is 0. The van der Waals surface area contributed by atoms with Crippen LogP contribution in [-0.4, -0.2) is 30.8 Å². The highest BCUT2D eigenvalue weighted by atomic mass is 19.1. The molecule has 1 aromatic heterocycles. The standard InChI is InChI=1S/C11H15F2N3O/c1-7-6-16(3-2-4-17-7)11-9(13)5-8(12)10(14)15-11/h5,7H,2-4,6H2,1H3,(H2,14,15). The van der Waals surface area contributed by atoms with Crippen LogP contribution in [0.2, 0.25) is 0 Å². The van der Waals surface area contributed by atoms with E-state index >= 15 is 0 Å². The molecule has 6 heteroatoms. The highest BCUT2D eigenvalue weighted by Crippen LogP contribution is 2.22. The van der Waals surface area contributed by atoms with E-state index in [4.69, 9.17) is 10.5 Å². The topological polar surface area (TPSA) is 51.4 Å². The molecule has 0 saturated carbocycles. The van der Waals surface area contributed by atoms with Gasteiger partial charge >= 0.3 is 0 Å². The van der Waals surface area contributed by atoms with Crippen molar-refractivity contribution < 1.29 is 13.5 Å². The van der Waals surface area contributed by atoms with Crippen molar-refractivity contribution in [1.29, 1.82) is 0 Å². The predicted octanol–water partition coefficient (Wildman–Crippen LogP) is 1.56. The Morgan fingerprint density at radius 2 is 2.24 bits per heavy atom. The number of nitrogen functional groups attached to an aromatic ring is 1. The lowest BCUT2D eigenvalue weighted by molar-refractivity contribution is 0.0820. The molecule has 4 nitrogen and oxygen atoms in total. The fraction of sp³-hybridized carbons (Fsp3) is 0.545. The van der Waals surface area contributed by atoms with Gasteiger partial charge in [-0.25, -0.2) is 13.8 Å². The van der Waals surface area contributed by atoms with Gasteiger partial charge in [0, 0.05) is 25.8 Å². The van der Waals surface area contributed by atoms with Gasteiger partial charge in [-0.3, -0.25) is 0 Å². The number of nitrogens with zero attached hydrogens (tertiary/aromatic N) is 2. The number of halogens is 2. The molecular formula is C11H15F2N3O. The molecule has 0 aromatic carbocycles. The summed E-state index contributed by atoms with van der Waals surface area (Å²) in [5.41, 5.74) is 5.36. The van der Waals surface area contributed by atoms with Gasteiger partial charge in [-0.05, 0) is 13.3 Å². The Bertz CT molecular complexity index is 414. The maximum Gasteiger partial charge on any atom is 0.168 e. The SMILES string of the molecule is CC1CN(c2nc(N)c(F)cc2F)CCCO1. The Labute approximate surface area is 98.4 Å². The monoisotopic (exact) mass is 243 g/mol. The first-order chi connectivity index (χ1) is 8.08. The van der Waals surface area contributed by atoms with Gasteiger partial charge in [0.2, 0.25) is 0 Å². The van der Waals surface area contributed by atoms with Crippen molar-refractivity contribution in [3.05, 3.63) is 17.7 Å². The van der Waals surface area contributed by atoms with E-state index in [0.717, 1.165) is 12.5 Å². The number of rotatable bonds is 1. The molecule has 1 saturated heterocycles. The van der Waals surface area contributed by atoms with Crippen LogP contribution in [0.4, 0.5) is 20.4 Å². The molecule has 1 aliphatic rings. The summed E-state index contributed by atoms with van der Waals surface area (Å²) in [4.78, 5) is 5.51. The number of nitrogens with two attached hydrogens (primary N) is 1. The third-order valence-corrected chi connectivity index (χ3v) is 2.69. The summed E-state index contributed by atoms with van der Waals surface area (Å²) in [5, 5.41) is 0. The average molecular weight is 243 g/mol. The second kappa shape index (κ2) is 4.83. The lowest BCUT2D eigenvalue weighted by Gasteiger charge is -2.23. The van der Waals surface area contributed by atoms with Crippen molar-refractivity contribution in [3.8, 4) is 0 Å². The number of aromatic nitrogens is 1. The van der Waals surface area contributed by atoms with Crippen molar-refractivity contribution in [2.45, 2.75) is 19.4 Å². The van der Waals surface area contributed by atoms with E-state index in [9.17, 15) is 8.78 Å². The van der Waals surface area contributed by atoms with E-state index in [1.54, 1.807) is 4.90 Å². The fourth-order valence-electron chi connectivity index (χ4n) is 1.88. The highest BCUT2D eigenvalue weighted by molar-refractivity contribution is 5.47. The van der Waals surface area contributed by atoms with Gasteiger partial charge in [-0.15, -0.1) is 0 Å². The van der Waals surface area contributed by atoms with Crippen LogP contribution in [0.1, 0.15) is 13.3 Å². The largest absolute Gasteiger partial charge is 0.381 e. The van der Waals surface area contributed by atoms with Crippen LogP contribution in [0.3, 0.4) is 0 Å². The van der Waals surface area contributed by atoms with E-state index in [1.807, 2.05) is 6.92 Å². The minimum Gasteiger partial charge on any atom is -0.381 e. The third-order valence-electron chi connectivity index (χ3n) is 2.69. The smallest absolute Gasteiger partial charge is 0.168 e. The first-order valence-electron chi connectivity index (χ1n) is 5.56. The zero-order valence-electron chi connectivity index (χ0n) is 9.62. The molecule has 0 aliphatic carbocycles. The second-order valence-corrected chi connectivity index (χ2v) is 4.14. The number of pyridine rings is 1. The maximum atomic E-state index is 13.6. The molecule has 2 rings (SSSR count). The minimum absolute atomic E-state index is 0.00928. The molecule has 1 aliphatic heterocycles. The Morgan fingerprint density at radius 1 is 1.47 bits per heavy atom. The Morgan fingerprint density at radius 3 is 3.00 bits per heavy atom. The van der Waals surface area contributed by atoms with Gasteiger partial charge < -0.3 is 15.4 Å². The Hall–Kier alpha value is -1.43. The van der Waals surface area contributed by atoms with Crippen LogP contribution in [0.5, 0.6) is 0 Å². The summed E-state index contributed by atoms with van der Waals surface area (Å²) in [7, 11) is 0. The van der Waals surface area contributed by atoms with Crippen LogP contribution in [0.15, 0.2) is 6.07 Å². The maximum absolute atomic E-state index is 13.6. The molecule has 17 heavy (non-hydrogen) atoms. The molecule has 1 aromatic rings. The van der Waals surface area contributed by atoms with Crippen molar-refractivity contribution in [2.24, 2.45) is 0 Å². The summed E-state index contributed by atoms with van der Waals surface area (Å²) in [6, 6.07) is 0.772. The summed E-state index contributed by atoms with van der Waals surface area (Å²) < 4.78 is 32.1. The molecule has 1 unspecified atom stereocenters. The Balaban J connectivity index is 2.28. The Kier molecular flexibility index (Phi) is 3.42. The minimum atomic E-state index is -0.828. The number of hydrogen-bond donors (Lipinski definition) is 1. The highest BCUT2D eigenvalue weighted by Gasteiger charge is 2.20. The van der Waals surface area contributed by atoms with Gasteiger partial charge in [0.1, 0.15) is 0 Å². The number of anilines is 2. The van der Waals surface area contributed by atoms with Crippen LogP contribution in [0.25, 0.3) is 0 Å². The normalized spacial score (nSPS) is 21.4. The molecule has 2 N–H and O–H groups in total. The molecule has 1 atom stereocenters. The quantitative estimate of drug-likeness (QED) is 0.813. The molecule has 0 radical (unpaired) electrons. The van der Waals surface area contributed by atoms with Crippen LogP contribution in [-0.2, 0) is 4.74 Å². The predicted molar refractivity (Wildman–Crippen MR) is 60.8 cm³/mol. The fourth-order valence-corrected chi connectivity index (χ4v) is 1.88. The lowest BCUT2D eigenvalue weighted by Crippen LogP contribution is -2.31. The zero-order chi connectivity index (χ0) is 12.4. The van der Waals surface area contributed by atoms with Gasteiger partial charge in [0.15, 0.2) is 23.3 Å². The van der Waals surface area contributed by atoms with E-state index in [-0.39, 0.29) is 17.7 Å². The van der Waals surface area contributed by atoms with Crippen molar-refractivity contribution in [3.63, 3.8) is 0 Å². The van der Waals surface area contributed by atoms with Crippen LogP contribution >= 0.6 is 0 Å². The molecular weight excluding hydrogens is 228 g/mol. The molecule has 2 heterocycles. The van der Waals surface area contributed by atoms with E-state index in [1.165, 1.54) is 0 Å². The van der Waals surface area contributed by atoms with Gasteiger partial charge in [-0.2, -0.15) is 0 Å². The van der Waals surface area contributed by atoms with Crippen molar-refractivity contribution >= 4 is 11.6 Å². The van der Waals surface area contributed by atoms with Crippen molar-refractivity contribution in [2.75, 3.05) is 30.3 Å². The molecule has 0 spiro atoms. The van der Waals surface area contributed by atoms with Gasteiger partial charge in [0.25, 0.3) is 0 Å². The molecule has 0 bridgehead atoms. The first-order valence-corrected chi connectivity index (χ1v) is 5.56. The lowest BCUT2D eigenvalue weighted by atomic mass is 10.3. The zero-order valence-corrected chi connectivity index (χ0v) is 9.62. The summed E-state index contributed by atoms with van der Waals surface area (Å²) in [5.74, 6) is -1.70. The van der Waals surface area contributed by atoms with Crippen molar-refractivity contribution in [1.82, 2.24) is 4.98 Å². The van der Waals surface area contributed by atoms with E-state index < -0.39 is 11.6 Å². The number of hydrogen-bond acceptors (Lipinski definition) is 4. The number of ether oxygens (including phenoxy) is 1. The second-order valence-electron chi connectivity index (χ2n) is 4.14. The summed E-state index contributed by atoms with van der Waals surface area (Å²) in [6.45, 7) is 3.69. The molecule has 1 fully saturated rings. The molecule has 0 amide bonds. The van der Waals surface area contributed by atoms with Gasteiger partial charge in [0.05, 0.1) is 6.10 Å². The first kappa shape index (κ1) is 12.0. The average Bonchev–Trinajstić information content (AvgIpc) is 2.48. The van der Waals surface area contributed by atoms with E-state index in [0.29, 0.717) is 19.7 Å². The van der Waals surface area contributed by atoms with Crippen LogP contribution in [0, 0.1) is 11.6 Å². The molecule has 94 valence electrons. The van der Waals surface area contributed by atoms with Gasteiger partial charge in [-0.1, -0.05) is 0 Å². The van der Waals surface area contributed by atoms with Crippen LogP contribution < -0.4 is 10.6 Å².